The Kier molecular flexibility index (Phi) is 4.17. The molecule has 0 unspecified atom stereocenters. The number of hydrogen-bond donors (Lipinski definition) is 1. The van der Waals surface area contributed by atoms with Crippen molar-refractivity contribution in [1.29, 1.82) is 0 Å². The van der Waals surface area contributed by atoms with Crippen molar-refractivity contribution in [2.24, 2.45) is 0 Å². The Balaban J connectivity index is 2.42. The predicted octanol–water partition coefficient (Wildman–Crippen LogP) is 4.12. The molecule has 9 heteroatoms. The zero-order chi connectivity index (χ0) is 15.6. The van der Waals surface area contributed by atoms with E-state index in [-0.39, 0.29) is 16.6 Å². The lowest BCUT2D eigenvalue weighted by Gasteiger charge is -2.11. The van der Waals surface area contributed by atoms with Gasteiger partial charge in [0.05, 0.1) is 5.02 Å². The SMILES string of the molecule is CNc1cc(Oc2cccc(Cl)c2F)nc(C(F)(F)F)n1. The Hall–Kier alpha value is -2.09. The molecule has 1 aromatic carbocycles. The number of ether oxygens (including phenoxy) is 1. The molecule has 0 saturated heterocycles. The van der Waals surface area contributed by atoms with Crippen molar-refractivity contribution in [2.75, 3.05) is 12.4 Å². The van der Waals surface area contributed by atoms with Gasteiger partial charge in [0.15, 0.2) is 11.6 Å². The minimum Gasteiger partial charge on any atom is -0.436 e. The van der Waals surface area contributed by atoms with Gasteiger partial charge >= 0.3 is 6.18 Å². The van der Waals surface area contributed by atoms with Crippen LogP contribution in [0, 0.1) is 5.82 Å². The number of hydrogen-bond acceptors (Lipinski definition) is 4. The molecular weight excluding hydrogens is 314 g/mol. The van der Waals surface area contributed by atoms with Crippen molar-refractivity contribution < 1.29 is 22.3 Å². The van der Waals surface area contributed by atoms with Crippen LogP contribution in [0.5, 0.6) is 11.6 Å². The van der Waals surface area contributed by atoms with E-state index >= 15 is 0 Å². The highest BCUT2D eigenvalue weighted by molar-refractivity contribution is 6.30. The molecule has 0 fully saturated rings. The van der Waals surface area contributed by atoms with Gasteiger partial charge < -0.3 is 10.1 Å². The normalized spacial score (nSPS) is 11.3. The fourth-order valence-corrected chi connectivity index (χ4v) is 1.57. The topological polar surface area (TPSA) is 47.0 Å². The Labute approximate surface area is 121 Å². The highest BCUT2D eigenvalue weighted by Crippen LogP contribution is 2.32. The molecule has 1 N–H and O–H groups in total. The molecule has 0 saturated carbocycles. The van der Waals surface area contributed by atoms with Gasteiger partial charge in [0.1, 0.15) is 5.82 Å². The number of benzene rings is 1. The monoisotopic (exact) mass is 321 g/mol. The second kappa shape index (κ2) is 5.72. The summed E-state index contributed by atoms with van der Waals surface area (Å²) in [4.78, 5) is 6.47. The molecule has 0 bridgehead atoms. The van der Waals surface area contributed by atoms with Crippen LogP contribution in [0.4, 0.5) is 23.4 Å². The quantitative estimate of drug-likeness (QED) is 0.864. The van der Waals surface area contributed by atoms with Gasteiger partial charge in [-0.1, -0.05) is 17.7 Å². The fraction of sp³-hybridized carbons (Fsp3) is 0.167. The Morgan fingerprint density at radius 1 is 1.24 bits per heavy atom. The number of anilines is 1. The first-order valence-corrected chi connectivity index (χ1v) is 5.95. The van der Waals surface area contributed by atoms with Crippen LogP contribution in [0.1, 0.15) is 5.82 Å². The first kappa shape index (κ1) is 15.3. The van der Waals surface area contributed by atoms with Gasteiger partial charge in [-0.2, -0.15) is 18.2 Å². The summed E-state index contributed by atoms with van der Waals surface area (Å²) >= 11 is 5.56. The zero-order valence-corrected chi connectivity index (χ0v) is 11.3. The van der Waals surface area contributed by atoms with Gasteiger partial charge in [-0.05, 0) is 12.1 Å². The van der Waals surface area contributed by atoms with Gasteiger partial charge in [0, 0.05) is 13.1 Å². The molecule has 4 nitrogen and oxygen atoms in total. The number of rotatable bonds is 3. The van der Waals surface area contributed by atoms with Crippen molar-refractivity contribution in [3.8, 4) is 11.6 Å². The summed E-state index contributed by atoms with van der Waals surface area (Å²) in [5.41, 5.74) is 0. The molecular formula is C12H8ClF4N3O. The maximum atomic E-state index is 13.7. The zero-order valence-electron chi connectivity index (χ0n) is 10.5. The first-order chi connectivity index (χ1) is 9.81. The number of alkyl halides is 3. The van der Waals surface area contributed by atoms with Crippen LogP contribution in [-0.2, 0) is 6.18 Å². The maximum absolute atomic E-state index is 13.7. The minimum absolute atomic E-state index is 0.116. The highest BCUT2D eigenvalue weighted by Gasteiger charge is 2.35. The molecule has 0 spiro atoms. The summed E-state index contributed by atoms with van der Waals surface area (Å²) in [6, 6.07) is 5.00. The Morgan fingerprint density at radius 2 is 1.95 bits per heavy atom. The van der Waals surface area contributed by atoms with Crippen LogP contribution in [-0.4, -0.2) is 17.0 Å². The van der Waals surface area contributed by atoms with E-state index in [2.05, 4.69) is 15.3 Å². The number of halogens is 5. The lowest BCUT2D eigenvalue weighted by molar-refractivity contribution is -0.145. The van der Waals surface area contributed by atoms with E-state index in [0.29, 0.717) is 0 Å². The molecule has 1 heterocycles. The van der Waals surface area contributed by atoms with Crippen LogP contribution in [0.3, 0.4) is 0 Å². The van der Waals surface area contributed by atoms with Crippen LogP contribution >= 0.6 is 11.6 Å². The molecule has 2 aromatic rings. The summed E-state index contributed by atoms with van der Waals surface area (Å²) in [6.45, 7) is 0. The summed E-state index contributed by atoms with van der Waals surface area (Å²) < 4.78 is 56.7. The van der Waals surface area contributed by atoms with Crippen LogP contribution in [0.15, 0.2) is 24.3 Å². The minimum atomic E-state index is -4.75. The number of nitrogens with zero attached hydrogens (tertiary/aromatic N) is 2. The fourth-order valence-electron chi connectivity index (χ4n) is 1.41. The first-order valence-electron chi connectivity index (χ1n) is 5.57. The summed E-state index contributed by atoms with van der Waals surface area (Å²) in [5.74, 6) is -3.20. The van der Waals surface area contributed by atoms with E-state index in [4.69, 9.17) is 16.3 Å². The molecule has 0 aliphatic heterocycles. The van der Waals surface area contributed by atoms with Crippen LogP contribution < -0.4 is 10.1 Å². The summed E-state index contributed by atoms with van der Waals surface area (Å²) in [7, 11) is 1.38. The highest BCUT2D eigenvalue weighted by atomic mass is 35.5. The second-order valence-electron chi connectivity index (χ2n) is 3.82. The van der Waals surface area contributed by atoms with E-state index in [0.717, 1.165) is 6.07 Å². The largest absolute Gasteiger partial charge is 0.451 e. The molecule has 0 amide bonds. The average molecular weight is 322 g/mol. The van der Waals surface area contributed by atoms with Crippen molar-refractivity contribution in [3.63, 3.8) is 0 Å². The van der Waals surface area contributed by atoms with Crippen molar-refractivity contribution in [2.45, 2.75) is 6.18 Å². The summed E-state index contributed by atoms with van der Waals surface area (Å²) in [5, 5.41) is 2.22. The van der Waals surface area contributed by atoms with Gasteiger partial charge in [0.2, 0.25) is 11.7 Å². The van der Waals surface area contributed by atoms with E-state index < -0.39 is 23.7 Å². The number of aromatic nitrogens is 2. The molecule has 0 aliphatic rings. The van der Waals surface area contributed by atoms with Gasteiger partial charge in [-0.3, -0.25) is 0 Å². The molecule has 0 aliphatic carbocycles. The molecule has 112 valence electrons. The van der Waals surface area contributed by atoms with Gasteiger partial charge in [-0.15, -0.1) is 0 Å². The second-order valence-corrected chi connectivity index (χ2v) is 4.22. The average Bonchev–Trinajstić information content (AvgIpc) is 2.42. The third-order valence-electron chi connectivity index (χ3n) is 2.34. The van der Waals surface area contributed by atoms with Crippen molar-refractivity contribution >= 4 is 17.4 Å². The van der Waals surface area contributed by atoms with E-state index in [9.17, 15) is 17.6 Å². The van der Waals surface area contributed by atoms with E-state index in [1.54, 1.807) is 0 Å². The Bertz CT molecular complexity index is 663. The lowest BCUT2D eigenvalue weighted by atomic mass is 10.3. The van der Waals surface area contributed by atoms with Crippen molar-refractivity contribution in [1.82, 2.24) is 9.97 Å². The predicted molar refractivity (Wildman–Crippen MR) is 68.1 cm³/mol. The van der Waals surface area contributed by atoms with Crippen molar-refractivity contribution in [3.05, 3.63) is 40.9 Å². The van der Waals surface area contributed by atoms with Crippen LogP contribution in [0.2, 0.25) is 5.02 Å². The molecule has 0 atom stereocenters. The third kappa shape index (κ3) is 3.52. The smallest absolute Gasteiger partial charge is 0.436 e. The lowest BCUT2D eigenvalue weighted by Crippen LogP contribution is -2.13. The van der Waals surface area contributed by atoms with Crippen LogP contribution in [0.25, 0.3) is 0 Å². The Morgan fingerprint density at radius 3 is 2.57 bits per heavy atom. The van der Waals surface area contributed by atoms with Gasteiger partial charge in [-0.25, -0.2) is 9.37 Å². The number of nitrogens with one attached hydrogen (secondary N) is 1. The molecule has 1 aromatic heterocycles. The maximum Gasteiger partial charge on any atom is 0.451 e. The molecule has 21 heavy (non-hydrogen) atoms. The van der Waals surface area contributed by atoms with Gasteiger partial charge in [0.25, 0.3) is 0 Å². The standard InChI is InChI=1S/C12H8ClF4N3O/c1-18-8-5-9(20-11(19-8)12(15,16)17)21-7-4-2-3-6(13)10(7)14/h2-5H,1H3,(H,18,19,20). The van der Waals surface area contributed by atoms with E-state index in [1.807, 2.05) is 0 Å². The molecule has 2 rings (SSSR count). The summed E-state index contributed by atoms with van der Waals surface area (Å²) in [6.07, 6.45) is -4.75. The van der Waals surface area contributed by atoms with E-state index in [1.165, 1.54) is 25.2 Å². The molecule has 0 radical (unpaired) electrons. The third-order valence-corrected chi connectivity index (χ3v) is 2.63.